The summed E-state index contributed by atoms with van der Waals surface area (Å²) >= 11 is 0. The molecule has 0 bridgehead atoms. The lowest BCUT2D eigenvalue weighted by Gasteiger charge is -2.30. The van der Waals surface area contributed by atoms with Crippen molar-refractivity contribution in [2.24, 2.45) is 5.92 Å². The first-order valence-corrected chi connectivity index (χ1v) is 11.2. The molecular formula is C25H31N3O2. The van der Waals surface area contributed by atoms with Gasteiger partial charge >= 0.3 is 0 Å². The maximum atomic E-state index is 13.1. The van der Waals surface area contributed by atoms with E-state index in [0.29, 0.717) is 25.4 Å². The van der Waals surface area contributed by atoms with E-state index >= 15 is 0 Å². The second kappa shape index (κ2) is 8.55. The molecule has 30 heavy (non-hydrogen) atoms. The topological polar surface area (TPSA) is 45.6 Å². The summed E-state index contributed by atoms with van der Waals surface area (Å²) in [6, 6.07) is 5.99. The molecule has 2 amide bonds. The fourth-order valence-electron chi connectivity index (χ4n) is 4.83. The van der Waals surface area contributed by atoms with Gasteiger partial charge in [0.2, 0.25) is 5.91 Å². The van der Waals surface area contributed by atoms with Crippen LogP contribution in [0.25, 0.3) is 10.9 Å². The minimum Gasteiger partial charge on any atom is -0.339 e. The molecule has 5 nitrogen and oxygen atoms in total. The van der Waals surface area contributed by atoms with E-state index in [1.807, 2.05) is 34.9 Å². The average molecular weight is 406 g/mol. The highest BCUT2D eigenvalue weighted by Crippen LogP contribution is 2.32. The molecule has 0 spiro atoms. The van der Waals surface area contributed by atoms with Gasteiger partial charge in [-0.25, -0.2) is 0 Å². The van der Waals surface area contributed by atoms with E-state index in [1.165, 1.54) is 5.69 Å². The number of terminal acetylenes is 1. The second-order valence-corrected chi connectivity index (χ2v) is 8.74. The van der Waals surface area contributed by atoms with Crippen LogP contribution in [-0.2, 0) is 24.3 Å². The average Bonchev–Trinajstić information content (AvgIpc) is 3.07. The van der Waals surface area contributed by atoms with Gasteiger partial charge in [-0.05, 0) is 43.4 Å². The molecule has 1 aromatic carbocycles. The van der Waals surface area contributed by atoms with Crippen molar-refractivity contribution in [1.82, 2.24) is 14.4 Å². The Balaban J connectivity index is 1.71. The van der Waals surface area contributed by atoms with Crippen molar-refractivity contribution in [1.29, 1.82) is 0 Å². The number of benzene rings is 1. The number of fused-ring (bicyclic) bond motifs is 3. The van der Waals surface area contributed by atoms with E-state index in [4.69, 9.17) is 6.42 Å². The van der Waals surface area contributed by atoms with Gasteiger partial charge in [0, 0.05) is 66.7 Å². The van der Waals surface area contributed by atoms with Gasteiger partial charge in [-0.15, -0.1) is 6.42 Å². The number of piperidine rings is 1. The van der Waals surface area contributed by atoms with Crippen molar-refractivity contribution >= 4 is 22.7 Å². The Morgan fingerprint density at radius 2 is 1.93 bits per heavy atom. The Labute approximate surface area is 179 Å². The maximum absolute atomic E-state index is 13.1. The third-order valence-corrected chi connectivity index (χ3v) is 6.64. The Kier molecular flexibility index (Phi) is 5.85. The Morgan fingerprint density at radius 1 is 1.17 bits per heavy atom. The minimum atomic E-state index is 0.108. The SMILES string of the molecule is C#CCn1c2c(c3cc(C(=O)N4CCC(C)CC4)ccc31)CN(C(=O)CCC)CC2. The predicted octanol–water partition coefficient (Wildman–Crippen LogP) is 3.83. The van der Waals surface area contributed by atoms with E-state index in [9.17, 15) is 9.59 Å². The van der Waals surface area contributed by atoms with Crippen molar-refractivity contribution < 1.29 is 9.59 Å². The van der Waals surface area contributed by atoms with E-state index < -0.39 is 0 Å². The zero-order chi connectivity index (χ0) is 21.3. The Morgan fingerprint density at radius 3 is 2.63 bits per heavy atom. The van der Waals surface area contributed by atoms with Gasteiger partial charge in [-0.2, -0.15) is 0 Å². The Bertz CT molecular complexity index is 1010. The molecule has 0 N–H and O–H groups in total. The van der Waals surface area contributed by atoms with Gasteiger partial charge in [0.15, 0.2) is 0 Å². The van der Waals surface area contributed by atoms with Crippen LogP contribution in [0.4, 0.5) is 0 Å². The van der Waals surface area contributed by atoms with Gasteiger partial charge < -0.3 is 14.4 Å². The lowest BCUT2D eigenvalue weighted by molar-refractivity contribution is -0.132. The molecule has 5 heteroatoms. The lowest BCUT2D eigenvalue weighted by atomic mass is 9.98. The molecule has 0 unspecified atom stereocenters. The van der Waals surface area contributed by atoms with Gasteiger partial charge in [0.1, 0.15) is 0 Å². The van der Waals surface area contributed by atoms with E-state index in [2.05, 4.69) is 17.4 Å². The van der Waals surface area contributed by atoms with Crippen LogP contribution in [0.2, 0.25) is 0 Å². The number of carbonyl (C=O) groups excluding carboxylic acids is 2. The number of carbonyl (C=O) groups is 2. The monoisotopic (exact) mass is 405 g/mol. The second-order valence-electron chi connectivity index (χ2n) is 8.74. The summed E-state index contributed by atoms with van der Waals surface area (Å²) in [7, 11) is 0. The highest BCUT2D eigenvalue weighted by molar-refractivity contribution is 5.99. The van der Waals surface area contributed by atoms with Crippen molar-refractivity contribution in [2.75, 3.05) is 19.6 Å². The number of hydrogen-bond donors (Lipinski definition) is 0. The number of rotatable bonds is 4. The van der Waals surface area contributed by atoms with E-state index in [0.717, 1.165) is 67.3 Å². The fourth-order valence-corrected chi connectivity index (χ4v) is 4.83. The molecule has 4 rings (SSSR count). The van der Waals surface area contributed by atoms with Crippen LogP contribution in [0, 0.1) is 18.3 Å². The van der Waals surface area contributed by atoms with Gasteiger partial charge in [-0.1, -0.05) is 19.8 Å². The molecule has 0 saturated carbocycles. The van der Waals surface area contributed by atoms with Crippen molar-refractivity contribution in [2.45, 2.75) is 59.0 Å². The summed E-state index contributed by atoms with van der Waals surface area (Å²) < 4.78 is 2.18. The number of likely N-dealkylation sites (tertiary alicyclic amines) is 1. The molecule has 158 valence electrons. The highest BCUT2D eigenvalue weighted by Gasteiger charge is 2.27. The van der Waals surface area contributed by atoms with Gasteiger partial charge in [-0.3, -0.25) is 9.59 Å². The number of hydrogen-bond acceptors (Lipinski definition) is 2. The largest absolute Gasteiger partial charge is 0.339 e. The third kappa shape index (κ3) is 3.71. The normalized spacial score (nSPS) is 17.1. The van der Waals surface area contributed by atoms with Crippen LogP contribution in [-0.4, -0.2) is 45.8 Å². The molecule has 1 saturated heterocycles. The first-order chi connectivity index (χ1) is 14.5. The number of nitrogens with zero attached hydrogens (tertiary/aromatic N) is 3. The van der Waals surface area contributed by atoms with Crippen LogP contribution in [0.5, 0.6) is 0 Å². The molecule has 3 heterocycles. The quantitative estimate of drug-likeness (QED) is 0.726. The van der Waals surface area contributed by atoms with E-state index in [1.54, 1.807) is 0 Å². The molecule has 2 aliphatic heterocycles. The lowest BCUT2D eigenvalue weighted by Crippen LogP contribution is -2.37. The van der Waals surface area contributed by atoms with Crippen LogP contribution in [0.1, 0.15) is 61.1 Å². The Hall–Kier alpha value is -2.74. The summed E-state index contributed by atoms with van der Waals surface area (Å²) in [5.74, 6) is 3.77. The minimum absolute atomic E-state index is 0.108. The molecule has 0 atom stereocenters. The number of amides is 2. The first kappa shape index (κ1) is 20.5. The standard InChI is InChI=1S/C25H31N3O2/c1-4-6-24(29)27-15-11-23-21(17-27)20-16-19(7-8-22(20)28(23)12-5-2)25(30)26-13-9-18(3)10-14-26/h2,7-8,16,18H,4,6,9-15,17H2,1,3H3. The van der Waals surface area contributed by atoms with Gasteiger partial charge in [0.25, 0.3) is 5.91 Å². The van der Waals surface area contributed by atoms with E-state index in [-0.39, 0.29) is 11.8 Å². The van der Waals surface area contributed by atoms with Crippen molar-refractivity contribution in [3.8, 4) is 12.3 Å². The van der Waals surface area contributed by atoms with Crippen LogP contribution >= 0.6 is 0 Å². The molecule has 1 aromatic heterocycles. The molecule has 1 fully saturated rings. The molecule has 2 aromatic rings. The van der Waals surface area contributed by atoms with Crippen molar-refractivity contribution in [3.63, 3.8) is 0 Å². The molecular weight excluding hydrogens is 374 g/mol. The predicted molar refractivity (Wildman–Crippen MR) is 119 cm³/mol. The summed E-state index contributed by atoms with van der Waals surface area (Å²) in [5, 5.41) is 1.06. The third-order valence-electron chi connectivity index (χ3n) is 6.64. The van der Waals surface area contributed by atoms with Crippen LogP contribution in [0.15, 0.2) is 18.2 Å². The summed E-state index contributed by atoms with van der Waals surface area (Å²) in [6.45, 7) is 7.77. The fraction of sp³-hybridized carbons (Fsp3) is 0.520. The van der Waals surface area contributed by atoms with Gasteiger partial charge in [0.05, 0.1) is 6.54 Å². The summed E-state index contributed by atoms with van der Waals surface area (Å²) in [4.78, 5) is 29.6. The zero-order valence-electron chi connectivity index (χ0n) is 18.1. The first-order valence-electron chi connectivity index (χ1n) is 11.2. The number of aromatic nitrogens is 1. The van der Waals surface area contributed by atoms with Crippen molar-refractivity contribution in [3.05, 3.63) is 35.0 Å². The van der Waals surface area contributed by atoms with Crippen LogP contribution in [0.3, 0.4) is 0 Å². The maximum Gasteiger partial charge on any atom is 0.253 e. The molecule has 2 aliphatic rings. The van der Waals surface area contributed by atoms with Crippen LogP contribution < -0.4 is 0 Å². The summed E-state index contributed by atoms with van der Waals surface area (Å²) in [5.41, 5.74) is 4.15. The summed E-state index contributed by atoms with van der Waals surface area (Å²) in [6.07, 6.45) is 10.0. The molecule has 0 radical (unpaired) electrons. The highest BCUT2D eigenvalue weighted by atomic mass is 16.2. The molecule has 0 aliphatic carbocycles. The zero-order valence-corrected chi connectivity index (χ0v) is 18.1. The smallest absolute Gasteiger partial charge is 0.253 e.